The average molecular weight is 266 g/mol. The van der Waals surface area contributed by atoms with E-state index in [2.05, 4.69) is 17.4 Å². The molecule has 2 saturated carbocycles. The zero-order chi connectivity index (χ0) is 13.1. The van der Waals surface area contributed by atoms with Crippen LogP contribution < -0.4 is 5.43 Å². The topological polar surface area (TPSA) is 24.5 Å². The Kier molecular flexibility index (Phi) is 4.45. The second-order valence-electron chi connectivity index (χ2n) is 6.70. The minimum atomic E-state index is 0.464. The fraction of sp³-hybridized carbons (Fsp3) is 1.00. The monoisotopic (exact) mass is 266 g/mol. The molecular weight excluding hydrogens is 236 g/mol. The van der Waals surface area contributed by atoms with Gasteiger partial charge < -0.3 is 4.74 Å². The van der Waals surface area contributed by atoms with Gasteiger partial charge in [0.25, 0.3) is 0 Å². The summed E-state index contributed by atoms with van der Waals surface area (Å²) in [6.07, 6.45) is 12.9. The van der Waals surface area contributed by atoms with Gasteiger partial charge in [-0.3, -0.25) is 5.43 Å². The van der Waals surface area contributed by atoms with Crippen LogP contribution in [0.2, 0.25) is 0 Å². The van der Waals surface area contributed by atoms with Crippen molar-refractivity contribution in [2.24, 2.45) is 5.41 Å². The highest BCUT2D eigenvalue weighted by molar-refractivity contribution is 5.08. The number of ether oxygens (including phenoxy) is 1. The maximum absolute atomic E-state index is 6.03. The van der Waals surface area contributed by atoms with Gasteiger partial charge in [0.05, 0.1) is 6.10 Å². The summed E-state index contributed by atoms with van der Waals surface area (Å²) in [5, 5.41) is 2.49. The average Bonchev–Trinajstić information content (AvgIpc) is 2.48. The van der Waals surface area contributed by atoms with Gasteiger partial charge >= 0.3 is 0 Å². The Bertz CT molecular complexity index is 282. The van der Waals surface area contributed by atoms with Gasteiger partial charge in [-0.15, -0.1) is 0 Å². The SMILES string of the molecule is CCOC1CC(NN2CCCCC2)C12CCCCC2. The number of hydrogen-bond donors (Lipinski definition) is 1. The molecule has 0 amide bonds. The molecule has 2 unspecified atom stereocenters. The van der Waals surface area contributed by atoms with Gasteiger partial charge in [0.2, 0.25) is 0 Å². The Labute approximate surface area is 118 Å². The van der Waals surface area contributed by atoms with Crippen LogP contribution in [0.1, 0.15) is 64.7 Å². The Hall–Kier alpha value is -0.120. The second-order valence-corrected chi connectivity index (χ2v) is 6.70. The largest absolute Gasteiger partial charge is 0.378 e. The van der Waals surface area contributed by atoms with Crippen molar-refractivity contribution in [3.05, 3.63) is 0 Å². The maximum atomic E-state index is 6.03. The van der Waals surface area contributed by atoms with E-state index in [0.717, 1.165) is 6.61 Å². The van der Waals surface area contributed by atoms with Gasteiger partial charge in [-0.1, -0.05) is 25.7 Å². The molecule has 1 spiro atoms. The van der Waals surface area contributed by atoms with Crippen molar-refractivity contribution >= 4 is 0 Å². The molecule has 3 fully saturated rings. The fourth-order valence-corrected chi connectivity index (χ4v) is 4.49. The number of nitrogens with one attached hydrogen (secondary N) is 1. The van der Waals surface area contributed by atoms with Crippen LogP contribution in [0.15, 0.2) is 0 Å². The maximum Gasteiger partial charge on any atom is 0.0662 e. The molecule has 3 rings (SSSR count). The summed E-state index contributed by atoms with van der Waals surface area (Å²) in [7, 11) is 0. The first kappa shape index (κ1) is 13.8. The highest BCUT2D eigenvalue weighted by atomic mass is 16.5. The third-order valence-electron chi connectivity index (χ3n) is 5.63. The Morgan fingerprint density at radius 2 is 1.74 bits per heavy atom. The van der Waals surface area contributed by atoms with Crippen molar-refractivity contribution in [2.75, 3.05) is 19.7 Å². The molecule has 1 N–H and O–H groups in total. The number of rotatable bonds is 4. The number of nitrogens with zero attached hydrogens (tertiary/aromatic N) is 1. The minimum Gasteiger partial charge on any atom is -0.378 e. The van der Waals surface area contributed by atoms with Crippen LogP contribution in [0.5, 0.6) is 0 Å². The Balaban J connectivity index is 1.60. The van der Waals surface area contributed by atoms with Gasteiger partial charge in [-0.2, -0.15) is 0 Å². The minimum absolute atomic E-state index is 0.464. The number of piperidine rings is 1. The van der Waals surface area contributed by atoms with Crippen LogP contribution in [0, 0.1) is 5.41 Å². The van der Waals surface area contributed by atoms with Crippen LogP contribution in [0.3, 0.4) is 0 Å². The van der Waals surface area contributed by atoms with Gasteiger partial charge in [0, 0.05) is 31.2 Å². The first-order valence-electron chi connectivity index (χ1n) is 8.48. The molecule has 0 aromatic heterocycles. The van der Waals surface area contributed by atoms with Crippen LogP contribution >= 0.6 is 0 Å². The first-order valence-corrected chi connectivity index (χ1v) is 8.48. The normalized spacial score (nSPS) is 35.2. The van der Waals surface area contributed by atoms with Crippen molar-refractivity contribution in [2.45, 2.75) is 76.9 Å². The third kappa shape index (κ3) is 2.70. The van der Waals surface area contributed by atoms with E-state index < -0.39 is 0 Å². The van der Waals surface area contributed by atoms with E-state index in [9.17, 15) is 0 Å². The summed E-state index contributed by atoms with van der Waals surface area (Å²) in [5.41, 5.74) is 4.32. The second kappa shape index (κ2) is 6.11. The van der Waals surface area contributed by atoms with Crippen LogP contribution in [0.4, 0.5) is 0 Å². The molecule has 2 atom stereocenters. The van der Waals surface area contributed by atoms with Crippen molar-refractivity contribution in [1.82, 2.24) is 10.4 Å². The zero-order valence-corrected chi connectivity index (χ0v) is 12.5. The van der Waals surface area contributed by atoms with E-state index in [4.69, 9.17) is 4.74 Å². The molecule has 1 saturated heterocycles. The fourth-order valence-electron chi connectivity index (χ4n) is 4.49. The lowest BCUT2D eigenvalue weighted by Gasteiger charge is -2.58. The third-order valence-corrected chi connectivity index (χ3v) is 5.63. The molecule has 3 nitrogen and oxygen atoms in total. The first-order chi connectivity index (χ1) is 9.35. The molecular formula is C16H30N2O. The van der Waals surface area contributed by atoms with Gasteiger partial charge in [-0.05, 0) is 39.0 Å². The molecule has 2 aliphatic carbocycles. The van der Waals surface area contributed by atoms with Crippen LogP contribution in [0.25, 0.3) is 0 Å². The van der Waals surface area contributed by atoms with Crippen LogP contribution in [-0.2, 0) is 4.74 Å². The van der Waals surface area contributed by atoms with Gasteiger partial charge in [-0.25, -0.2) is 5.01 Å². The Morgan fingerprint density at radius 3 is 2.42 bits per heavy atom. The highest BCUT2D eigenvalue weighted by Crippen LogP contribution is 2.53. The van der Waals surface area contributed by atoms with Crippen molar-refractivity contribution in [1.29, 1.82) is 0 Å². The summed E-state index contributed by atoms with van der Waals surface area (Å²) < 4.78 is 6.03. The predicted octanol–water partition coefficient (Wildman–Crippen LogP) is 3.10. The van der Waals surface area contributed by atoms with Gasteiger partial charge in [0.1, 0.15) is 0 Å². The zero-order valence-electron chi connectivity index (χ0n) is 12.5. The lowest BCUT2D eigenvalue weighted by molar-refractivity contribution is -0.165. The highest BCUT2D eigenvalue weighted by Gasteiger charge is 2.55. The Morgan fingerprint density at radius 1 is 1.05 bits per heavy atom. The lowest BCUT2D eigenvalue weighted by atomic mass is 9.55. The van der Waals surface area contributed by atoms with E-state index in [0.29, 0.717) is 17.6 Å². The standard InChI is InChI=1S/C16H30N2O/c1-2-19-15-13-14(16(15)9-5-3-6-10-16)17-18-11-7-4-8-12-18/h14-15,17H,2-13H2,1H3. The summed E-state index contributed by atoms with van der Waals surface area (Å²) in [4.78, 5) is 0. The van der Waals surface area contributed by atoms with E-state index in [1.54, 1.807) is 0 Å². The quantitative estimate of drug-likeness (QED) is 0.846. The molecule has 19 heavy (non-hydrogen) atoms. The lowest BCUT2D eigenvalue weighted by Crippen LogP contribution is -2.67. The molecule has 0 aromatic rings. The molecule has 110 valence electrons. The molecule has 1 heterocycles. The molecule has 0 radical (unpaired) electrons. The number of hydrogen-bond acceptors (Lipinski definition) is 3. The van der Waals surface area contributed by atoms with E-state index in [1.807, 2.05) is 0 Å². The van der Waals surface area contributed by atoms with Crippen LogP contribution in [-0.4, -0.2) is 36.9 Å². The molecule has 3 heteroatoms. The van der Waals surface area contributed by atoms with Crippen molar-refractivity contribution in [3.63, 3.8) is 0 Å². The van der Waals surface area contributed by atoms with E-state index in [-0.39, 0.29) is 0 Å². The van der Waals surface area contributed by atoms with E-state index >= 15 is 0 Å². The number of hydrazine groups is 1. The molecule has 0 bridgehead atoms. The molecule has 1 aliphatic heterocycles. The van der Waals surface area contributed by atoms with Gasteiger partial charge in [0.15, 0.2) is 0 Å². The van der Waals surface area contributed by atoms with Crippen molar-refractivity contribution in [3.8, 4) is 0 Å². The summed E-state index contributed by atoms with van der Waals surface area (Å²) in [5.74, 6) is 0. The summed E-state index contributed by atoms with van der Waals surface area (Å²) in [6.45, 7) is 5.50. The smallest absolute Gasteiger partial charge is 0.0662 e. The summed E-state index contributed by atoms with van der Waals surface area (Å²) >= 11 is 0. The summed E-state index contributed by atoms with van der Waals surface area (Å²) in [6, 6.07) is 0.683. The molecule has 0 aromatic carbocycles. The predicted molar refractivity (Wildman–Crippen MR) is 77.9 cm³/mol. The molecule has 3 aliphatic rings. The van der Waals surface area contributed by atoms with E-state index in [1.165, 1.54) is 70.9 Å². The van der Waals surface area contributed by atoms with Crippen molar-refractivity contribution < 1.29 is 4.74 Å².